The molecule has 0 saturated heterocycles. The molecular weight excluding hydrogens is 386 g/mol. The van der Waals surface area contributed by atoms with Crippen LogP contribution in [0.5, 0.6) is 0 Å². The Hall–Kier alpha value is -3.45. The second-order valence-corrected chi connectivity index (χ2v) is 7.08. The molecule has 3 aromatic rings. The van der Waals surface area contributed by atoms with Gasteiger partial charge in [0.25, 0.3) is 0 Å². The molecule has 0 radical (unpaired) electrons. The van der Waals surface area contributed by atoms with Crippen LogP contribution in [0.2, 0.25) is 0 Å². The number of anilines is 1. The average Bonchev–Trinajstić information content (AvgIpc) is 3.11. The fourth-order valence-corrected chi connectivity index (χ4v) is 3.67. The summed E-state index contributed by atoms with van der Waals surface area (Å²) in [5.41, 5.74) is 3.52. The fourth-order valence-electron chi connectivity index (χ4n) is 2.73. The van der Waals surface area contributed by atoms with Crippen LogP contribution in [0.15, 0.2) is 77.6 Å². The normalized spacial score (nSPS) is 11.2. The largest absolute Gasteiger partial charge is 0.550 e. The van der Waals surface area contributed by atoms with Gasteiger partial charge in [0.15, 0.2) is 4.80 Å². The van der Waals surface area contributed by atoms with Gasteiger partial charge in [-0.15, -0.1) is 17.9 Å². The van der Waals surface area contributed by atoms with Crippen molar-refractivity contribution < 1.29 is 14.7 Å². The lowest BCUT2D eigenvalue weighted by atomic mass is 10.2. The molecule has 0 saturated carbocycles. The van der Waals surface area contributed by atoms with Crippen LogP contribution >= 0.6 is 11.3 Å². The molecule has 148 valence electrons. The number of carbonyl (C=O) groups excluding carboxylic acids is 2. The van der Waals surface area contributed by atoms with Crippen LogP contribution in [0.1, 0.15) is 12.8 Å². The van der Waals surface area contributed by atoms with Crippen molar-refractivity contribution in [1.82, 2.24) is 4.57 Å². The van der Waals surface area contributed by atoms with E-state index in [0.29, 0.717) is 12.2 Å². The van der Waals surface area contributed by atoms with Crippen molar-refractivity contribution in [2.24, 2.45) is 4.99 Å². The van der Waals surface area contributed by atoms with Crippen molar-refractivity contribution in [1.29, 1.82) is 0 Å². The summed E-state index contributed by atoms with van der Waals surface area (Å²) in [5, 5.41) is 15.2. The molecule has 0 bridgehead atoms. The van der Waals surface area contributed by atoms with E-state index < -0.39 is 5.97 Å². The van der Waals surface area contributed by atoms with Crippen molar-refractivity contribution >= 4 is 34.6 Å². The maximum Gasteiger partial charge on any atom is 0.224 e. The van der Waals surface area contributed by atoms with Gasteiger partial charge in [0, 0.05) is 30.0 Å². The lowest BCUT2D eigenvalue weighted by molar-refractivity contribution is -0.305. The van der Waals surface area contributed by atoms with Crippen LogP contribution < -0.4 is 15.2 Å². The highest BCUT2D eigenvalue weighted by atomic mass is 32.1. The lowest BCUT2D eigenvalue weighted by Crippen LogP contribution is -2.24. The molecule has 1 heterocycles. The van der Waals surface area contributed by atoms with E-state index in [4.69, 9.17) is 4.99 Å². The predicted octanol–water partition coefficient (Wildman–Crippen LogP) is 3.10. The maximum absolute atomic E-state index is 11.7. The highest BCUT2D eigenvalue weighted by Gasteiger charge is 2.07. The Labute approximate surface area is 172 Å². The SMILES string of the molecule is C=CCn1c(-c2ccccc2)csc1=Nc1ccc(NC(=O)CCC(=O)[O-])cc1. The van der Waals surface area contributed by atoms with Crippen LogP contribution in [-0.2, 0) is 16.1 Å². The molecule has 1 amide bonds. The summed E-state index contributed by atoms with van der Waals surface area (Å²) in [5.74, 6) is -1.61. The molecule has 1 N–H and O–H groups in total. The van der Waals surface area contributed by atoms with Gasteiger partial charge in [-0.3, -0.25) is 4.79 Å². The molecule has 0 aliphatic rings. The topological polar surface area (TPSA) is 86.5 Å². The van der Waals surface area contributed by atoms with Gasteiger partial charge in [-0.1, -0.05) is 36.4 Å². The monoisotopic (exact) mass is 406 g/mol. The smallest absolute Gasteiger partial charge is 0.224 e. The summed E-state index contributed by atoms with van der Waals surface area (Å²) < 4.78 is 2.10. The number of hydrogen-bond acceptors (Lipinski definition) is 5. The summed E-state index contributed by atoms with van der Waals surface area (Å²) in [6.07, 6.45) is 1.42. The fraction of sp³-hybridized carbons (Fsp3) is 0.136. The van der Waals surface area contributed by atoms with Crippen LogP contribution in [0.4, 0.5) is 11.4 Å². The zero-order valence-corrected chi connectivity index (χ0v) is 16.5. The van der Waals surface area contributed by atoms with E-state index in [9.17, 15) is 14.7 Å². The van der Waals surface area contributed by atoms with E-state index in [1.807, 2.05) is 24.3 Å². The molecule has 0 aliphatic heterocycles. The zero-order chi connectivity index (χ0) is 20.6. The minimum Gasteiger partial charge on any atom is -0.550 e. The number of hydrogen-bond donors (Lipinski definition) is 1. The number of nitrogens with zero attached hydrogens (tertiary/aromatic N) is 2. The van der Waals surface area contributed by atoms with Crippen molar-refractivity contribution in [2.75, 3.05) is 5.32 Å². The van der Waals surface area contributed by atoms with Crippen molar-refractivity contribution in [3.8, 4) is 11.3 Å². The quantitative estimate of drug-likeness (QED) is 0.583. The van der Waals surface area contributed by atoms with Crippen molar-refractivity contribution in [3.63, 3.8) is 0 Å². The Balaban J connectivity index is 1.81. The number of carboxylic acids is 1. The molecule has 29 heavy (non-hydrogen) atoms. The van der Waals surface area contributed by atoms with Gasteiger partial charge in [0.2, 0.25) is 5.91 Å². The number of carboxylic acid groups (broad SMARTS) is 1. The first kappa shape index (κ1) is 20.3. The van der Waals surface area contributed by atoms with Gasteiger partial charge in [-0.25, -0.2) is 4.99 Å². The lowest BCUT2D eigenvalue weighted by Gasteiger charge is -2.07. The number of allylic oxidation sites excluding steroid dienone is 1. The molecular formula is C22H20N3O3S-. The highest BCUT2D eigenvalue weighted by molar-refractivity contribution is 7.07. The van der Waals surface area contributed by atoms with E-state index in [2.05, 4.69) is 34.0 Å². The van der Waals surface area contributed by atoms with Crippen molar-refractivity contribution in [3.05, 3.63) is 77.4 Å². The molecule has 1 aromatic heterocycles. The summed E-state index contributed by atoms with van der Waals surface area (Å²) in [4.78, 5) is 27.7. The van der Waals surface area contributed by atoms with Crippen LogP contribution in [-0.4, -0.2) is 16.4 Å². The van der Waals surface area contributed by atoms with E-state index in [1.165, 1.54) is 0 Å². The maximum atomic E-state index is 11.7. The number of carbonyl (C=O) groups is 2. The van der Waals surface area contributed by atoms with E-state index in [1.54, 1.807) is 35.6 Å². The summed E-state index contributed by atoms with van der Waals surface area (Å²) in [6.45, 7) is 4.48. The number of nitrogens with one attached hydrogen (secondary N) is 1. The Morgan fingerprint density at radius 1 is 1.10 bits per heavy atom. The number of rotatable bonds is 8. The van der Waals surface area contributed by atoms with Gasteiger partial charge in [-0.05, 0) is 36.2 Å². The third kappa shape index (κ3) is 5.52. The van der Waals surface area contributed by atoms with E-state index in [-0.39, 0.29) is 18.7 Å². The van der Waals surface area contributed by atoms with Gasteiger partial charge >= 0.3 is 0 Å². The molecule has 0 fully saturated rings. The van der Waals surface area contributed by atoms with Crippen LogP contribution in [0, 0.1) is 0 Å². The molecule has 6 nitrogen and oxygen atoms in total. The number of amides is 1. The van der Waals surface area contributed by atoms with Gasteiger partial charge < -0.3 is 19.8 Å². The second-order valence-electron chi connectivity index (χ2n) is 6.25. The zero-order valence-electron chi connectivity index (χ0n) is 15.7. The van der Waals surface area contributed by atoms with Gasteiger partial charge in [0.1, 0.15) is 0 Å². The van der Waals surface area contributed by atoms with Crippen molar-refractivity contribution in [2.45, 2.75) is 19.4 Å². The van der Waals surface area contributed by atoms with Gasteiger partial charge in [0.05, 0.1) is 11.4 Å². The third-order valence-electron chi connectivity index (χ3n) is 4.11. The first-order chi connectivity index (χ1) is 14.1. The molecule has 0 aliphatic carbocycles. The Morgan fingerprint density at radius 3 is 2.48 bits per heavy atom. The Bertz CT molecular complexity index is 1070. The standard InChI is InChI=1S/C22H21N3O3S/c1-2-14-25-19(16-6-4-3-5-7-16)15-29-22(25)24-18-10-8-17(9-11-18)23-20(26)12-13-21(27)28/h2-11,15H,1,12-14H2,(H,23,26)(H,27,28)/p-1. The van der Waals surface area contributed by atoms with E-state index >= 15 is 0 Å². The van der Waals surface area contributed by atoms with E-state index in [0.717, 1.165) is 21.7 Å². The summed E-state index contributed by atoms with van der Waals surface area (Å²) >= 11 is 1.55. The molecule has 0 atom stereocenters. The Morgan fingerprint density at radius 2 is 1.83 bits per heavy atom. The molecule has 2 aromatic carbocycles. The summed E-state index contributed by atoms with van der Waals surface area (Å²) in [7, 11) is 0. The highest BCUT2D eigenvalue weighted by Crippen LogP contribution is 2.21. The predicted molar refractivity (Wildman–Crippen MR) is 112 cm³/mol. The molecule has 7 heteroatoms. The first-order valence-corrected chi connectivity index (χ1v) is 9.94. The number of aliphatic carboxylic acids is 1. The number of aromatic nitrogens is 1. The average molecular weight is 406 g/mol. The second kappa shape index (κ2) is 9.66. The molecule has 3 rings (SSSR count). The molecule has 0 unspecified atom stereocenters. The van der Waals surface area contributed by atoms with Crippen LogP contribution in [0.25, 0.3) is 11.3 Å². The Kier molecular flexibility index (Phi) is 6.76. The number of thiazole rings is 1. The minimum absolute atomic E-state index is 0.118. The number of benzene rings is 2. The minimum atomic E-state index is -1.24. The third-order valence-corrected chi connectivity index (χ3v) is 4.97. The van der Waals surface area contributed by atoms with Gasteiger partial charge in [-0.2, -0.15) is 0 Å². The summed E-state index contributed by atoms with van der Waals surface area (Å²) in [6, 6.07) is 17.2. The first-order valence-electron chi connectivity index (χ1n) is 9.06. The molecule has 0 spiro atoms. The van der Waals surface area contributed by atoms with Crippen LogP contribution in [0.3, 0.4) is 0 Å².